The summed E-state index contributed by atoms with van der Waals surface area (Å²) in [6.07, 6.45) is 3.35. The van der Waals surface area contributed by atoms with Gasteiger partial charge in [0.1, 0.15) is 0 Å². The second-order valence-corrected chi connectivity index (χ2v) is 8.97. The summed E-state index contributed by atoms with van der Waals surface area (Å²) < 4.78 is 0. The lowest BCUT2D eigenvalue weighted by molar-refractivity contribution is -0.158. The highest BCUT2D eigenvalue weighted by molar-refractivity contribution is 7.98. The number of thioether (sulfide) groups is 1. The molecule has 0 atom stereocenters. The monoisotopic (exact) mass is 452 g/mol. The maximum Gasteiger partial charge on any atom is 0.321 e. The molecular formula is C24H28N4O3S. The van der Waals surface area contributed by atoms with E-state index in [-0.39, 0.29) is 12.1 Å². The number of urea groups is 1. The van der Waals surface area contributed by atoms with Crippen LogP contribution in [-0.4, -0.2) is 71.0 Å². The highest BCUT2D eigenvalue weighted by Crippen LogP contribution is 2.22. The Morgan fingerprint density at radius 1 is 0.969 bits per heavy atom. The van der Waals surface area contributed by atoms with Crippen LogP contribution in [-0.2, 0) is 16.1 Å². The maximum absolute atomic E-state index is 12.8. The Morgan fingerprint density at radius 3 is 2.44 bits per heavy atom. The number of anilines is 1. The number of hydrogen-bond donors (Lipinski definition) is 1. The van der Waals surface area contributed by atoms with Crippen LogP contribution in [0.4, 0.5) is 10.5 Å². The molecule has 2 aliphatic heterocycles. The molecule has 0 bridgehead atoms. The Balaban J connectivity index is 1.29. The third-order valence-corrected chi connectivity index (χ3v) is 6.80. The van der Waals surface area contributed by atoms with Crippen molar-refractivity contribution in [1.82, 2.24) is 14.7 Å². The molecule has 2 fully saturated rings. The number of piperazine rings is 1. The first-order valence-electron chi connectivity index (χ1n) is 10.9. The number of nitrogens with zero attached hydrogens (tertiary/aromatic N) is 3. The van der Waals surface area contributed by atoms with Gasteiger partial charge in [0.15, 0.2) is 0 Å². The van der Waals surface area contributed by atoms with E-state index in [1.165, 1.54) is 0 Å². The Hall–Kier alpha value is -3.00. The zero-order valence-corrected chi connectivity index (χ0v) is 19.0. The molecule has 8 heteroatoms. The molecule has 0 aromatic heterocycles. The molecule has 168 valence electrons. The third kappa shape index (κ3) is 5.07. The number of amides is 4. The minimum absolute atomic E-state index is 0.00538. The third-order valence-electron chi connectivity index (χ3n) is 6.07. The summed E-state index contributed by atoms with van der Waals surface area (Å²) in [5.74, 6) is -0.863. The number of rotatable bonds is 5. The van der Waals surface area contributed by atoms with E-state index in [0.29, 0.717) is 45.6 Å². The summed E-state index contributed by atoms with van der Waals surface area (Å²) in [5.41, 5.74) is 1.80. The van der Waals surface area contributed by atoms with Crippen molar-refractivity contribution in [2.75, 3.05) is 37.8 Å². The van der Waals surface area contributed by atoms with E-state index < -0.39 is 11.8 Å². The van der Waals surface area contributed by atoms with Crippen molar-refractivity contribution >= 4 is 35.3 Å². The first-order valence-corrected chi connectivity index (χ1v) is 12.1. The van der Waals surface area contributed by atoms with E-state index in [2.05, 4.69) is 5.32 Å². The van der Waals surface area contributed by atoms with Gasteiger partial charge in [-0.15, -0.1) is 11.8 Å². The van der Waals surface area contributed by atoms with Crippen molar-refractivity contribution in [2.24, 2.45) is 0 Å². The van der Waals surface area contributed by atoms with Gasteiger partial charge in [-0.2, -0.15) is 0 Å². The molecule has 0 radical (unpaired) electrons. The van der Waals surface area contributed by atoms with Crippen LogP contribution >= 0.6 is 11.8 Å². The lowest BCUT2D eigenvalue weighted by atomic mass is 10.0. The topological polar surface area (TPSA) is 73.0 Å². The number of nitrogens with one attached hydrogen (secondary N) is 1. The zero-order valence-electron chi connectivity index (χ0n) is 18.2. The number of carbonyl (C=O) groups excluding carboxylic acids is 3. The molecule has 1 N–H and O–H groups in total. The molecular weight excluding hydrogens is 424 g/mol. The predicted octanol–water partition coefficient (Wildman–Crippen LogP) is 3.28. The minimum Gasteiger partial charge on any atom is -0.330 e. The molecule has 0 unspecified atom stereocenters. The van der Waals surface area contributed by atoms with Gasteiger partial charge in [-0.05, 0) is 42.9 Å². The first-order chi connectivity index (χ1) is 15.5. The molecule has 2 saturated heterocycles. The van der Waals surface area contributed by atoms with Crippen LogP contribution in [0.3, 0.4) is 0 Å². The summed E-state index contributed by atoms with van der Waals surface area (Å²) in [5, 5.41) is 2.96. The van der Waals surface area contributed by atoms with Crippen LogP contribution in [0.1, 0.15) is 18.4 Å². The van der Waals surface area contributed by atoms with Crippen molar-refractivity contribution in [1.29, 1.82) is 0 Å². The molecule has 4 amide bonds. The second-order valence-electron chi connectivity index (χ2n) is 8.09. The van der Waals surface area contributed by atoms with Crippen LogP contribution < -0.4 is 5.32 Å². The van der Waals surface area contributed by atoms with Crippen LogP contribution in [0.15, 0.2) is 59.5 Å². The Kier molecular flexibility index (Phi) is 6.99. The quantitative estimate of drug-likeness (QED) is 0.558. The predicted molar refractivity (Wildman–Crippen MR) is 125 cm³/mol. The normalized spacial score (nSPS) is 17.6. The van der Waals surface area contributed by atoms with Gasteiger partial charge >= 0.3 is 17.8 Å². The van der Waals surface area contributed by atoms with E-state index in [1.54, 1.807) is 26.5 Å². The summed E-state index contributed by atoms with van der Waals surface area (Å²) in [6, 6.07) is 17.3. The second kappa shape index (κ2) is 10.1. The van der Waals surface area contributed by atoms with E-state index in [9.17, 15) is 14.4 Å². The van der Waals surface area contributed by atoms with Gasteiger partial charge in [0.25, 0.3) is 0 Å². The molecule has 2 aromatic rings. The number of benzene rings is 2. The van der Waals surface area contributed by atoms with Crippen LogP contribution in [0.25, 0.3) is 0 Å². The van der Waals surface area contributed by atoms with E-state index in [4.69, 9.17) is 0 Å². The van der Waals surface area contributed by atoms with Crippen molar-refractivity contribution in [2.45, 2.75) is 30.3 Å². The first kappa shape index (κ1) is 22.2. The molecule has 32 heavy (non-hydrogen) atoms. The van der Waals surface area contributed by atoms with Gasteiger partial charge < -0.3 is 20.0 Å². The fourth-order valence-corrected chi connectivity index (χ4v) is 4.74. The fraction of sp³-hybridized carbons (Fsp3) is 0.375. The summed E-state index contributed by atoms with van der Waals surface area (Å²) in [7, 11) is 0. The molecule has 2 heterocycles. The van der Waals surface area contributed by atoms with Crippen molar-refractivity contribution in [3.8, 4) is 0 Å². The molecule has 2 aliphatic rings. The number of piperidine rings is 1. The largest absolute Gasteiger partial charge is 0.330 e. The molecule has 0 spiro atoms. The van der Waals surface area contributed by atoms with Gasteiger partial charge in [0, 0.05) is 49.3 Å². The van der Waals surface area contributed by atoms with Gasteiger partial charge in [-0.25, -0.2) is 4.79 Å². The van der Waals surface area contributed by atoms with E-state index in [1.807, 2.05) is 60.9 Å². The molecule has 4 rings (SSSR count). The van der Waals surface area contributed by atoms with E-state index >= 15 is 0 Å². The number of hydrogen-bond acceptors (Lipinski definition) is 4. The maximum atomic E-state index is 12.8. The average Bonchev–Trinajstić information content (AvgIpc) is 2.83. The van der Waals surface area contributed by atoms with Gasteiger partial charge in [0.2, 0.25) is 0 Å². The zero-order chi connectivity index (χ0) is 22.5. The van der Waals surface area contributed by atoms with Gasteiger partial charge in [0.05, 0.1) is 0 Å². The van der Waals surface area contributed by atoms with Crippen LogP contribution in [0, 0.1) is 0 Å². The average molecular weight is 453 g/mol. The van der Waals surface area contributed by atoms with Crippen LogP contribution in [0.2, 0.25) is 0 Å². The molecule has 7 nitrogen and oxygen atoms in total. The Bertz CT molecular complexity index is 976. The van der Waals surface area contributed by atoms with Gasteiger partial charge in [-0.3, -0.25) is 9.59 Å². The van der Waals surface area contributed by atoms with E-state index in [0.717, 1.165) is 16.1 Å². The molecule has 0 saturated carbocycles. The molecule has 2 aromatic carbocycles. The highest BCUT2D eigenvalue weighted by atomic mass is 32.2. The molecule has 0 aliphatic carbocycles. The van der Waals surface area contributed by atoms with Crippen molar-refractivity contribution < 1.29 is 14.4 Å². The van der Waals surface area contributed by atoms with Crippen molar-refractivity contribution in [3.05, 3.63) is 60.2 Å². The summed E-state index contributed by atoms with van der Waals surface area (Å²) in [6.45, 7) is 2.64. The smallest absolute Gasteiger partial charge is 0.321 e. The lowest BCUT2D eigenvalue weighted by Crippen LogP contribution is -2.59. The van der Waals surface area contributed by atoms with Crippen molar-refractivity contribution in [3.63, 3.8) is 0 Å². The standard InChI is InChI=1S/C24H28N4O3S/c1-32-21-9-5-8-19(16-21)25-24(31)26-12-10-20(11-13-26)28-15-14-27(22(29)23(28)30)17-18-6-3-2-4-7-18/h2-9,16,20H,10-15,17H2,1H3,(H,25,31). The summed E-state index contributed by atoms with van der Waals surface area (Å²) >= 11 is 1.63. The SMILES string of the molecule is CSc1cccc(NC(=O)N2CCC(N3CCN(Cc4ccccc4)C(=O)C3=O)CC2)c1. The number of likely N-dealkylation sites (tertiary alicyclic amines) is 1. The number of carbonyl (C=O) groups is 3. The Labute approximate surface area is 192 Å². The highest BCUT2D eigenvalue weighted by Gasteiger charge is 2.37. The Morgan fingerprint density at radius 2 is 1.72 bits per heavy atom. The van der Waals surface area contributed by atoms with Crippen LogP contribution in [0.5, 0.6) is 0 Å². The van der Waals surface area contributed by atoms with Gasteiger partial charge in [-0.1, -0.05) is 36.4 Å². The fourth-order valence-electron chi connectivity index (χ4n) is 4.28. The lowest BCUT2D eigenvalue weighted by Gasteiger charge is -2.42. The minimum atomic E-state index is -0.436. The summed E-state index contributed by atoms with van der Waals surface area (Å²) in [4.78, 5) is 44.3.